The molecule has 1 N–H and O–H groups in total. The molecule has 1 unspecified atom stereocenters. The topological polar surface area (TPSA) is 50.7 Å². The first-order valence-corrected chi connectivity index (χ1v) is 8.61. The van der Waals surface area contributed by atoms with Crippen molar-refractivity contribution in [1.29, 1.82) is 0 Å². The van der Waals surface area contributed by atoms with Crippen LogP contribution in [0.4, 0.5) is 13.2 Å². The predicted octanol–water partition coefficient (Wildman–Crippen LogP) is 4.48. The van der Waals surface area contributed by atoms with Crippen molar-refractivity contribution < 1.29 is 22.8 Å². The summed E-state index contributed by atoms with van der Waals surface area (Å²) in [7, 11) is 0. The number of hydrogen-bond donors (Lipinski definition) is 1. The van der Waals surface area contributed by atoms with Gasteiger partial charge in [-0.15, -0.1) is 0 Å². The van der Waals surface area contributed by atoms with E-state index in [1.54, 1.807) is 0 Å². The zero-order chi connectivity index (χ0) is 19.4. The summed E-state index contributed by atoms with van der Waals surface area (Å²) in [4.78, 5) is 17.6. The molecule has 0 saturated heterocycles. The van der Waals surface area contributed by atoms with Crippen LogP contribution in [-0.4, -0.2) is 24.3 Å². The Hall–Kier alpha value is -2.54. The van der Waals surface area contributed by atoms with Crippen molar-refractivity contribution in [2.45, 2.75) is 25.1 Å². The molecule has 3 rings (SSSR count). The molecule has 1 amide bonds. The molecule has 0 bridgehead atoms. The molecule has 2 aromatic rings. The Morgan fingerprint density at radius 1 is 1.22 bits per heavy atom. The average Bonchev–Trinajstić information content (AvgIpc) is 3.07. The molecule has 0 saturated carbocycles. The van der Waals surface area contributed by atoms with E-state index in [4.69, 9.17) is 16.4 Å². The van der Waals surface area contributed by atoms with Gasteiger partial charge in [-0.1, -0.05) is 47.1 Å². The molecule has 1 atom stereocenters. The normalized spacial score (nSPS) is 16.6. The fourth-order valence-corrected chi connectivity index (χ4v) is 2.93. The summed E-state index contributed by atoms with van der Waals surface area (Å²) < 4.78 is 38.4. The highest BCUT2D eigenvalue weighted by Gasteiger charge is 2.31. The molecule has 0 aromatic heterocycles. The molecule has 1 heterocycles. The monoisotopic (exact) mass is 396 g/mol. The standard InChI is InChI=1S/C19H16ClF3N2O2/c20-17-7-6-13(19(21,22)23)9-16(17)18(26)24-11-14-10-15(27-25-14)8-12-4-2-1-3-5-12/h1-7,9,15H,8,10-11H2,(H,24,26). The highest BCUT2D eigenvalue weighted by molar-refractivity contribution is 6.33. The Morgan fingerprint density at radius 3 is 2.67 bits per heavy atom. The largest absolute Gasteiger partial charge is 0.416 e. The predicted molar refractivity (Wildman–Crippen MR) is 95.9 cm³/mol. The summed E-state index contributed by atoms with van der Waals surface area (Å²) in [5, 5.41) is 6.44. The number of oxime groups is 1. The molecule has 0 aliphatic carbocycles. The van der Waals surface area contributed by atoms with Crippen molar-refractivity contribution >= 4 is 23.2 Å². The molecule has 8 heteroatoms. The van der Waals surface area contributed by atoms with E-state index in [1.165, 1.54) is 0 Å². The highest BCUT2D eigenvalue weighted by atomic mass is 35.5. The van der Waals surface area contributed by atoms with E-state index < -0.39 is 17.6 Å². The number of amides is 1. The minimum Gasteiger partial charge on any atom is -0.392 e. The number of alkyl halides is 3. The van der Waals surface area contributed by atoms with E-state index in [0.29, 0.717) is 18.6 Å². The number of benzene rings is 2. The first-order valence-electron chi connectivity index (χ1n) is 8.23. The van der Waals surface area contributed by atoms with E-state index in [1.807, 2.05) is 30.3 Å². The lowest BCUT2D eigenvalue weighted by Gasteiger charge is -2.11. The Morgan fingerprint density at radius 2 is 1.96 bits per heavy atom. The van der Waals surface area contributed by atoms with E-state index >= 15 is 0 Å². The molecular weight excluding hydrogens is 381 g/mol. The second-order valence-corrected chi connectivity index (χ2v) is 6.56. The first-order chi connectivity index (χ1) is 12.8. The van der Waals surface area contributed by atoms with E-state index in [2.05, 4.69) is 10.5 Å². The number of carbonyl (C=O) groups excluding carboxylic acids is 1. The van der Waals surface area contributed by atoms with Crippen LogP contribution >= 0.6 is 11.6 Å². The van der Waals surface area contributed by atoms with Crippen molar-refractivity contribution in [3.05, 3.63) is 70.2 Å². The van der Waals surface area contributed by atoms with E-state index in [-0.39, 0.29) is 23.2 Å². The fourth-order valence-electron chi connectivity index (χ4n) is 2.73. The smallest absolute Gasteiger partial charge is 0.392 e. The van der Waals surface area contributed by atoms with Gasteiger partial charge in [0, 0.05) is 12.8 Å². The maximum absolute atomic E-state index is 12.8. The van der Waals surface area contributed by atoms with Crippen LogP contribution in [0.2, 0.25) is 5.02 Å². The van der Waals surface area contributed by atoms with Crippen molar-refractivity contribution in [3.63, 3.8) is 0 Å². The second-order valence-electron chi connectivity index (χ2n) is 6.15. The van der Waals surface area contributed by atoms with Gasteiger partial charge in [0.2, 0.25) is 0 Å². The molecule has 0 radical (unpaired) electrons. The lowest BCUT2D eigenvalue weighted by molar-refractivity contribution is -0.137. The number of halogens is 4. The van der Waals surface area contributed by atoms with Crippen LogP contribution in [0, 0.1) is 0 Å². The second kappa shape index (κ2) is 8.00. The minimum atomic E-state index is -4.55. The van der Waals surface area contributed by atoms with E-state index in [0.717, 1.165) is 23.8 Å². The maximum atomic E-state index is 12.8. The lowest BCUT2D eigenvalue weighted by Crippen LogP contribution is -2.30. The zero-order valence-corrected chi connectivity index (χ0v) is 14.8. The zero-order valence-electron chi connectivity index (χ0n) is 14.1. The van der Waals surface area contributed by atoms with Gasteiger partial charge in [0.1, 0.15) is 6.10 Å². The first kappa shape index (κ1) is 19.2. The Bertz CT molecular complexity index is 854. The number of hydrogen-bond acceptors (Lipinski definition) is 3. The average molecular weight is 397 g/mol. The summed E-state index contributed by atoms with van der Waals surface area (Å²) in [6.07, 6.45) is -3.46. The molecule has 27 heavy (non-hydrogen) atoms. The van der Waals surface area contributed by atoms with Crippen LogP contribution in [0.25, 0.3) is 0 Å². The van der Waals surface area contributed by atoms with Crippen LogP contribution in [0.5, 0.6) is 0 Å². The van der Waals surface area contributed by atoms with Crippen molar-refractivity contribution in [3.8, 4) is 0 Å². The van der Waals surface area contributed by atoms with Crippen molar-refractivity contribution in [2.24, 2.45) is 5.16 Å². The van der Waals surface area contributed by atoms with Crippen LogP contribution < -0.4 is 5.32 Å². The maximum Gasteiger partial charge on any atom is 0.416 e. The third kappa shape index (κ3) is 5.01. The molecular formula is C19H16ClF3N2O2. The van der Waals surface area contributed by atoms with Gasteiger partial charge in [0.25, 0.3) is 5.91 Å². The third-order valence-electron chi connectivity index (χ3n) is 4.09. The third-order valence-corrected chi connectivity index (χ3v) is 4.42. The quantitative estimate of drug-likeness (QED) is 0.810. The van der Waals surface area contributed by atoms with Crippen LogP contribution in [0.1, 0.15) is 27.9 Å². The number of rotatable bonds is 5. The van der Waals surface area contributed by atoms with Gasteiger partial charge in [-0.3, -0.25) is 4.79 Å². The molecule has 1 aliphatic heterocycles. The van der Waals surface area contributed by atoms with Gasteiger partial charge >= 0.3 is 6.18 Å². The number of nitrogens with zero attached hydrogens (tertiary/aromatic N) is 1. The Kier molecular flexibility index (Phi) is 5.70. The highest BCUT2D eigenvalue weighted by Crippen LogP contribution is 2.31. The van der Waals surface area contributed by atoms with Crippen molar-refractivity contribution in [1.82, 2.24) is 5.32 Å². The summed E-state index contributed by atoms with van der Waals surface area (Å²) in [6, 6.07) is 12.4. The number of carbonyl (C=O) groups is 1. The van der Waals surface area contributed by atoms with Gasteiger partial charge in [0.15, 0.2) is 0 Å². The molecule has 0 fully saturated rings. The fraction of sp³-hybridized carbons (Fsp3) is 0.263. The minimum absolute atomic E-state index is 0.0490. The van der Waals surface area contributed by atoms with Gasteiger partial charge in [-0.05, 0) is 23.8 Å². The molecule has 1 aliphatic rings. The molecule has 0 spiro atoms. The van der Waals surface area contributed by atoms with Gasteiger partial charge in [-0.2, -0.15) is 13.2 Å². The molecule has 142 valence electrons. The summed E-state index contributed by atoms with van der Waals surface area (Å²) in [5.41, 5.74) is 0.569. The van der Waals surface area contributed by atoms with Gasteiger partial charge in [0.05, 0.1) is 28.4 Å². The SMILES string of the molecule is O=C(NCC1=NOC(Cc2ccccc2)C1)c1cc(C(F)(F)F)ccc1Cl. The lowest BCUT2D eigenvalue weighted by atomic mass is 10.0. The van der Waals surface area contributed by atoms with Gasteiger partial charge < -0.3 is 10.2 Å². The Balaban J connectivity index is 1.56. The molecule has 4 nitrogen and oxygen atoms in total. The van der Waals surface area contributed by atoms with Gasteiger partial charge in [-0.25, -0.2) is 0 Å². The number of nitrogens with one attached hydrogen (secondary N) is 1. The summed E-state index contributed by atoms with van der Waals surface area (Å²) >= 11 is 5.87. The van der Waals surface area contributed by atoms with Crippen LogP contribution in [0.3, 0.4) is 0 Å². The Labute approximate surface area is 159 Å². The van der Waals surface area contributed by atoms with Crippen LogP contribution in [-0.2, 0) is 17.4 Å². The van der Waals surface area contributed by atoms with E-state index in [9.17, 15) is 18.0 Å². The summed E-state index contributed by atoms with van der Waals surface area (Å²) in [5.74, 6) is -0.694. The molecule has 2 aromatic carbocycles. The summed E-state index contributed by atoms with van der Waals surface area (Å²) in [6.45, 7) is 0.0801. The van der Waals surface area contributed by atoms with Crippen molar-refractivity contribution in [2.75, 3.05) is 6.54 Å². The van der Waals surface area contributed by atoms with Crippen LogP contribution in [0.15, 0.2) is 53.7 Å².